The van der Waals surface area contributed by atoms with E-state index in [0.29, 0.717) is 13.0 Å². The zero-order chi connectivity index (χ0) is 14.4. The van der Waals surface area contributed by atoms with E-state index in [1.807, 2.05) is 62.4 Å². The minimum Gasteiger partial charge on any atom is -0.493 e. The number of carbonyl (C=O) groups excluding carboxylic acids is 1. The number of benzene rings is 2. The lowest BCUT2D eigenvalue weighted by molar-refractivity contribution is -0.116. The second kappa shape index (κ2) is 6.75. The first kappa shape index (κ1) is 14.1. The molecule has 0 aliphatic heterocycles. The van der Waals surface area contributed by atoms with E-state index in [4.69, 9.17) is 4.74 Å². The molecule has 1 amide bonds. The van der Waals surface area contributed by atoms with Gasteiger partial charge in [0.05, 0.1) is 13.0 Å². The van der Waals surface area contributed by atoms with Gasteiger partial charge in [0, 0.05) is 5.69 Å². The van der Waals surface area contributed by atoms with Gasteiger partial charge in [-0.25, -0.2) is 0 Å². The van der Waals surface area contributed by atoms with Crippen LogP contribution in [0.2, 0.25) is 0 Å². The summed E-state index contributed by atoms with van der Waals surface area (Å²) in [4.78, 5) is 11.8. The van der Waals surface area contributed by atoms with Gasteiger partial charge in [-0.15, -0.1) is 0 Å². The van der Waals surface area contributed by atoms with Crippen LogP contribution in [0, 0.1) is 13.8 Å². The molecule has 3 heteroatoms. The maximum Gasteiger partial charge on any atom is 0.227 e. The minimum atomic E-state index is -0.0378. The molecule has 0 fully saturated rings. The Hall–Kier alpha value is -2.29. The summed E-state index contributed by atoms with van der Waals surface area (Å²) in [6.45, 7) is 4.36. The molecule has 0 saturated carbocycles. The summed E-state index contributed by atoms with van der Waals surface area (Å²) in [5.74, 6) is 0.792. The quantitative estimate of drug-likeness (QED) is 0.898. The van der Waals surface area contributed by atoms with Crippen molar-refractivity contribution in [2.45, 2.75) is 20.3 Å². The van der Waals surface area contributed by atoms with Crippen LogP contribution in [0.1, 0.15) is 17.5 Å². The molecule has 1 N–H and O–H groups in total. The number of anilines is 1. The van der Waals surface area contributed by atoms with E-state index in [2.05, 4.69) is 5.32 Å². The predicted molar refractivity (Wildman–Crippen MR) is 81.1 cm³/mol. The van der Waals surface area contributed by atoms with Crippen LogP contribution >= 0.6 is 0 Å². The number of hydrogen-bond acceptors (Lipinski definition) is 2. The second-order valence-corrected chi connectivity index (χ2v) is 4.78. The van der Waals surface area contributed by atoms with Crippen LogP contribution in [0.3, 0.4) is 0 Å². The Morgan fingerprint density at radius 2 is 1.90 bits per heavy atom. The largest absolute Gasteiger partial charge is 0.493 e. The lowest BCUT2D eigenvalue weighted by atomic mass is 10.2. The number of nitrogens with one attached hydrogen (secondary N) is 1. The maximum absolute atomic E-state index is 11.8. The number of rotatable bonds is 5. The van der Waals surface area contributed by atoms with Crippen molar-refractivity contribution in [3.05, 3.63) is 59.7 Å². The number of hydrogen-bond donors (Lipinski definition) is 1. The molecular formula is C17H19NO2. The van der Waals surface area contributed by atoms with Crippen molar-refractivity contribution in [1.82, 2.24) is 0 Å². The molecule has 0 saturated heterocycles. The highest BCUT2D eigenvalue weighted by Gasteiger charge is 2.04. The van der Waals surface area contributed by atoms with Crippen LogP contribution in [0.5, 0.6) is 5.75 Å². The van der Waals surface area contributed by atoms with E-state index in [1.165, 1.54) is 0 Å². The summed E-state index contributed by atoms with van der Waals surface area (Å²) in [6, 6.07) is 15.5. The van der Waals surface area contributed by atoms with Gasteiger partial charge in [0.2, 0.25) is 5.91 Å². The summed E-state index contributed by atoms with van der Waals surface area (Å²) in [5, 5.41) is 2.86. The standard InChI is InChI=1S/C17H19NO2/c1-13-6-5-8-15(12-13)18-17(19)10-11-20-16-9-4-3-7-14(16)2/h3-9,12H,10-11H2,1-2H3,(H,18,19). The van der Waals surface area contributed by atoms with Crippen molar-refractivity contribution in [3.8, 4) is 5.75 Å². The van der Waals surface area contributed by atoms with E-state index in [1.54, 1.807) is 0 Å². The molecule has 2 rings (SSSR count). The fraction of sp³-hybridized carbons (Fsp3) is 0.235. The van der Waals surface area contributed by atoms with Crippen molar-refractivity contribution >= 4 is 11.6 Å². The Bertz CT molecular complexity index is 593. The minimum absolute atomic E-state index is 0.0378. The van der Waals surface area contributed by atoms with Gasteiger partial charge in [-0.2, -0.15) is 0 Å². The Morgan fingerprint density at radius 3 is 2.65 bits per heavy atom. The average Bonchev–Trinajstić information content (AvgIpc) is 2.41. The smallest absolute Gasteiger partial charge is 0.227 e. The molecule has 0 heterocycles. The molecule has 0 aliphatic rings. The van der Waals surface area contributed by atoms with E-state index < -0.39 is 0 Å². The van der Waals surface area contributed by atoms with Crippen LogP contribution < -0.4 is 10.1 Å². The van der Waals surface area contributed by atoms with E-state index >= 15 is 0 Å². The van der Waals surface area contributed by atoms with Gasteiger partial charge in [0.25, 0.3) is 0 Å². The Labute approximate surface area is 119 Å². The van der Waals surface area contributed by atoms with Crippen LogP contribution in [0.25, 0.3) is 0 Å². The maximum atomic E-state index is 11.8. The Morgan fingerprint density at radius 1 is 1.10 bits per heavy atom. The van der Waals surface area contributed by atoms with Crippen molar-refractivity contribution in [2.75, 3.05) is 11.9 Å². The zero-order valence-corrected chi connectivity index (χ0v) is 11.8. The summed E-state index contributed by atoms with van der Waals surface area (Å²) >= 11 is 0. The van der Waals surface area contributed by atoms with Crippen molar-refractivity contribution in [1.29, 1.82) is 0 Å². The van der Waals surface area contributed by atoms with Gasteiger partial charge < -0.3 is 10.1 Å². The van der Waals surface area contributed by atoms with Gasteiger partial charge in [0.15, 0.2) is 0 Å². The fourth-order valence-electron chi connectivity index (χ4n) is 1.92. The lowest BCUT2D eigenvalue weighted by Gasteiger charge is -2.09. The third-order valence-corrected chi connectivity index (χ3v) is 2.98. The second-order valence-electron chi connectivity index (χ2n) is 4.78. The first-order valence-corrected chi connectivity index (χ1v) is 6.70. The lowest BCUT2D eigenvalue weighted by Crippen LogP contribution is -2.15. The van der Waals surface area contributed by atoms with Crippen LogP contribution in [-0.2, 0) is 4.79 Å². The third-order valence-electron chi connectivity index (χ3n) is 2.98. The van der Waals surface area contributed by atoms with Gasteiger partial charge in [-0.3, -0.25) is 4.79 Å². The van der Waals surface area contributed by atoms with Gasteiger partial charge in [-0.1, -0.05) is 30.3 Å². The molecule has 0 bridgehead atoms. The highest BCUT2D eigenvalue weighted by Crippen LogP contribution is 2.16. The molecule has 2 aromatic rings. The first-order valence-electron chi connectivity index (χ1n) is 6.70. The monoisotopic (exact) mass is 269 g/mol. The summed E-state index contributed by atoms with van der Waals surface area (Å²) < 4.78 is 5.61. The third kappa shape index (κ3) is 4.12. The number of para-hydroxylation sites is 1. The van der Waals surface area contributed by atoms with Crippen molar-refractivity contribution < 1.29 is 9.53 Å². The molecule has 0 radical (unpaired) electrons. The molecule has 104 valence electrons. The van der Waals surface area contributed by atoms with Crippen LogP contribution in [0.4, 0.5) is 5.69 Å². The number of carbonyl (C=O) groups is 1. The number of ether oxygens (including phenoxy) is 1. The van der Waals surface area contributed by atoms with Gasteiger partial charge in [-0.05, 0) is 43.2 Å². The molecule has 0 spiro atoms. The fourth-order valence-corrected chi connectivity index (χ4v) is 1.92. The van der Waals surface area contributed by atoms with Gasteiger partial charge >= 0.3 is 0 Å². The summed E-state index contributed by atoms with van der Waals surface area (Å²) in [5.41, 5.74) is 3.02. The SMILES string of the molecule is Cc1cccc(NC(=O)CCOc2ccccc2C)c1. The summed E-state index contributed by atoms with van der Waals surface area (Å²) in [6.07, 6.45) is 0.336. The van der Waals surface area contributed by atoms with Crippen molar-refractivity contribution in [2.24, 2.45) is 0 Å². The molecule has 0 aliphatic carbocycles. The van der Waals surface area contributed by atoms with Gasteiger partial charge in [0.1, 0.15) is 5.75 Å². The predicted octanol–water partition coefficient (Wildman–Crippen LogP) is 3.71. The Balaban J connectivity index is 1.80. The molecule has 2 aromatic carbocycles. The summed E-state index contributed by atoms with van der Waals surface area (Å²) in [7, 11) is 0. The molecular weight excluding hydrogens is 250 g/mol. The van der Waals surface area contributed by atoms with Crippen molar-refractivity contribution in [3.63, 3.8) is 0 Å². The molecule has 20 heavy (non-hydrogen) atoms. The molecule has 3 nitrogen and oxygen atoms in total. The molecule has 0 aromatic heterocycles. The number of amides is 1. The zero-order valence-electron chi connectivity index (χ0n) is 11.8. The van der Waals surface area contributed by atoms with E-state index in [9.17, 15) is 4.79 Å². The Kier molecular flexibility index (Phi) is 4.77. The van der Waals surface area contributed by atoms with Crippen LogP contribution in [-0.4, -0.2) is 12.5 Å². The van der Waals surface area contributed by atoms with Crippen LogP contribution in [0.15, 0.2) is 48.5 Å². The topological polar surface area (TPSA) is 38.3 Å². The van der Waals surface area contributed by atoms with E-state index in [0.717, 1.165) is 22.6 Å². The first-order chi connectivity index (χ1) is 9.65. The molecule has 0 unspecified atom stereocenters. The average molecular weight is 269 g/mol. The number of aryl methyl sites for hydroxylation is 2. The molecule has 0 atom stereocenters. The highest BCUT2D eigenvalue weighted by molar-refractivity contribution is 5.90. The van der Waals surface area contributed by atoms with E-state index in [-0.39, 0.29) is 5.91 Å². The highest BCUT2D eigenvalue weighted by atomic mass is 16.5. The normalized spacial score (nSPS) is 10.1.